The van der Waals surface area contributed by atoms with E-state index in [1.807, 2.05) is 0 Å². The zero-order chi connectivity index (χ0) is 29.0. The third-order valence-corrected chi connectivity index (χ3v) is 8.58. The van der Waals surface area contributed by atoms with Crippen molar-refractivity contribution in [2.75, 3.05) is 17.1 Å². The highest BCUT2D eigenvalue weighted by Gasteiger charge is 2.35. The molecule has 0 aliphatic heterocycles. The second-order valence-electron chi connectivity index (χ2n) is 9.60. The van der Waals surface area contributed by atoms with Crippen LogP contribution >= 0.6 is 27.5 Å². The first-order chi connectivity index (χ1) is 18.2. The van der Waals surface area contributed by atoms with Crippen LogP contribution in [0.2, 0.25) is 5.02 Å². The molecule has 2 aromatic rings. The van der Waals surface area contributed by atoms with Gasteiger partial charge in [0.2, 0.25) is 21.8 Å². The Balaban J connectivity index is 1.94. The van der Waals surface area contributed by atoms with Crippen LogP contribution in [0.4, 0.5) is 18.9 Å². The number of alkyl halides is 3. The van der Waals surface area contributed by atoms with E-state index in [-0.39, 0.29) is 17.6 Å². The molecule has 2 amide bonds. The van der Waals surface area contributed by atoms with Crippen molar-refractivity contribution in [3.05, 3.63) is 63.1 Å². The number of amides is 2. The average molecular weight is 653 g/mol. The van der Waals surface area contributed by atoms with Gasteiger partial charge in [0.05, 0.1) is 22.5 Å². The van der Waals surface area contributed by atoms with Crippen LogP contribution in [0.5, 0.6) is 0 Å². The molecule has 7 nitrogen and oxygen atoms in total. The molecule has 0 heterocycles. The molecule has 1 aliphatic rings. The molecule has 0 spiro atoms. The number of hydrogen-bond acceptors (Lipinski definition) is 4. The first kappa shape index (κ1) is 31.2. The molecule has 39 heavy (non-hydrogen) atoms. The van der Waals surface area contributed by atoms with Gasteiger partial charge < -0.3 is 10.2 Å². The van der Waals surface area contributed by atoms with E-state index < -0.39 is 51.9 Å². The van der Waals surface area contributed by atoms with Crippen LogP contribution in [0.3, 0.4) is 0 Å². The minimum absolute atomic E-state index is 0.0187. The van der Waals surface area contributed by atoms with E-state index in [2.05, 4.69) is 21.2 Å². The number of halogens is 5. The number of carbonyl (C=O) groups excluding carboxylic acids is 2. The van der Waals surface area contributed by atoms with Gasteiger partial charge in [-0.25, -0.2) is 8.42 Å². The monoisotopic (exact) mass is 651 g/mol. The summed E-state index contributed by atoms with van der Waals surface area (Å²) in [6.07, 6.45) is 0.741. The molecule has 1 fully saturated rings. The Labute approximate surface area is 239 Å². The van der Waals surface area contributed by atoms with Gasteiger partial charge in [0.1, 0.15) is 12.6 Å². The molecule has 1 atom stereocenters. The maximum Gasteiger partial charge on any atom is 0.416 e. The predicted octanol–water partition coefficient (Wildman–Crippen LogP) is 5.75. The van der Waals surface area contributed by atoms with Gasteiger partial charge in [-0.3, -0.25) is 13.9 Å². The van der Waals surface area contributed by atoms with Gasteiger partial charge in [-0.1, -0.05) is 58.9 Å². The fourth-order valence-corrected chi connectivity index (χ4v) is 5.80. The summed E-state index contributed by atoms with van der Waals surface area (Å²) in [5, 5.41) is 2.70. The molecule has 214 valence electrons. The average Bonchev–Trinajstić information content (AvgIpc) is 2.86. The summed E-state index contributed by atoms with van der Waals surface area (Å²) >= 11 is 9.45. The van der Waals surface area contributed by atoms with Crippen LogP contribution in [-0.2, 0) is 32.3 Å². The van der Waals surface area contributed by atoms with Gasteiger partial charge in [0.25, 0.3) is 0 Å². The molecule has 0 saturated heterocycles. The minimum Gasteiger partial charge on any atom is -0.352 e. The number of carbonyl (C=O) groups is 2. The van der Waals surface area contributed by atoms with Crippen molar-refractivity contribution in [3.63, 3.8) is 0 Å². The van der Waals surface area contributed by atoms with E-state index in [4.69, 9.17) is 11.6 Å². The second-order valence-corrected chi connectivity index (χ2v) is 12.8. The minimum atomic E-state index is -4.76. The van der Waals surface area contributed by atoms with Crippen LogP contribution in [-0.4, -0.2) is 50.0 Å². The molecule has 0 unspecified atom stereocenters. The lowest BCUT2D eigenvalue weighted by atomic mass is 9.95. The van der Waals surface area contributed by atoms with Crippen molar-refractivity contribution >= 4 is 55.1 Å². The number of nitrogens with zero attached hydrogens (tertiary/aromatic N) is 2. The number of nitrogens with one attached hydrogen (secondary N) is 1. The summed E-state index contributed by atoms with van der Waals surface area (Å²) in [5.74, 6) is -1.17. The molecule has 1 N–H and O–H groups in total. The van der Waals surface area contributed by atoms with Gasteiger partial charge >= 0.3 is 6.18 Å². The highest BCUT2D eigenvalue weighted by atomic mass is 79.9. The van der Waals surface area contributed by atoms with Crippen molar-refractivity contribution in [1.29, 1.82) is 0 Å². The summed E-state index contributed by atoms with van der Waals surface area (Å²) in [4.78, 5) is 28.0. The standard InChI is InChI=1S/C26H30BrClF3N3O4S/c1-17(25(36)32-21-6-4-3-5-7-21)33(15-18-8-11-20(27)12-9-18)24(35)16-34(39(2,37)38)23-14-19(26(29,30)31)10-13-22(23)28/h8-14,17,21H,3-7,15-16H2,1-2H3,(H,32,36)/t17-/m1/s1. The second kappa shape index (κ2) is 12.9. The lowest BCUT2D eigenvalue weighted by molar-refractivity contribution is -0.139. The van der Waals surface area contributed by atoms with Crippen LogP contribution in [0.1, 0.15) is 50.2 Å². The SMILES string of the molecule is C[C@H](C(=O)NC1CCCCC1)N(Cc1ccc(Br)cc1)C(=O)CN(c1cc(C(F)(F)F)ccc1Cl)S(C)(=O)=O. The van der Waals surface area contributed by atoms with E-state index in [1.54, 1.807) is 24.3 Å². The smallest absolute Gasteiger partial charge is 0.352 e. The fourth-order valence-electron chi connectivity index (χ4n) is 4.41. The van der Waals surface area contributed by atoms with Crippen molar-refractivity contribution in [3.8, 4) is 0 Å². The summed E-state index contributed by atoms with van der Waals surface area (Å²) in [6.45, 7) is 0.660. The van der Waals surface area contributed by atoms with Gasteiger partial charge in [-0.05, 0) is 55.7 Å². The van der Waals surface area contributed by atoms with Crippen LogP contribution in [0, 0.1) is 0 Å². The Hall–Kier alpha value is -2.31. The lowest BCUT2D eigenvalue weighted by Crippen LogP contribution is -2.53. The summed E-state index contributed by atoms with van der Waals surface area (Å²) in [6, 6.07) is 8.26. The number of anilines is 1. The summed E-state index contributed by atoms with van der Waals surface area (Å²) in [5.41, 5.74) is -0.924. The maximum atomic E-state index is 13.6. The van der Waals surface area contributed by atoms with Gasteiger partial charge in [-0.2, -0.15) is 13.2 Å². The Kier molecular flexibility index (Phi) is 10.3. The normalized spacial score (nSPS) is 15.5. The van der Waals surface area contributed by atoms with E-state index >= 15 is 0 Å². The number of hydrogen-bond donors (Lipinski definition) is 1. The molecule has 1 aliphatic carbocycles. The Morgan fingerprint density at radius 2 is 1.72 bits per heavy atom. The van der Waals surface area contributed by atoms with E-state index in [0.29, 0.717) is 15.9 Å². The van der Waals surface area contributed by atoms with Crippen molar-refractivity contribution in [2.45, 2.75) is 63.8 Å². The van der Waals surface area contributed by atoms with Crippen LogP contribution < -0.4 is 9.62 Å². The van der Waals surface area contributed by atoms with Crippen molar-refractivity contribution in [2.24, 2.45) is 0 Å². The fraction of sp³-hybridized carbons (Fsp3) is 0.462. The van der Waals surface area contributed by atoms with Crippen LogP contribution in [0.25, 0.3) is 0 Å². The maximum absolute atomic E-state index is 13.6. The van der Waals surface area contributed by atoms with Crippen LogP contribution in [0.15, 0.2) is 46.9 Å². The van der Waals surface area contributed by atoms with Crippen molar-refractivity contribution in [1.82, 2.24) is 10.2 Å². The zero-order valence-corrected chi connectivity index (χ0v) is 24.6. The van der Waals surface area contributed by atoms with E-state index in [9.17, 15) is 31.2 Å². The lowest BCUT2D eigenvalue weighted by Gasteiger charge is -2.33. The third-order valence-electron chi connectivity index (χ3n) is 6.61. The Morgan fingerprint density at radius 3 is 2.28 bits per heavy atom. The molecule has 0 radical (unpaired) electrons. The highest BCUT2D eigenvalue weighted by molar-refractivity contribution is 9.10. The first-order valence-corrected chi connectivity index (χ1v) is 15.4. The molecular weight excluding hydrogens is 623 g/mol. The van der Waals surface area contributed by atoms with Gasteiger partial charge in [0, 0.05) is 17.1 Å². The molecule has 2 aromatic carbocycles. The number of sulfonamides is 1. The molecule has 1 saturated carbocycles. The van der Waals surface area contributed by atoms with Gasteiger partial charge in [-0.15, -0.1) is 0 Å². The van der Waals surface area contributed by atoms with E-state index in [0.717, 1.165) is 55.0 Å². The largest absolute Gasteiger partial charge is 0.416 e. The predicted molar refractivity (Wildman–Crippen MR) is 148 cm³/mol. The topological polar surface area (TPSA) is 86.8 Å². The molecule has 13 heteroatoms. The molecule has 3 rings (SSSR count). The quantitative estimate of drug-likeness (QED) is 0.374. The van der Waals surface area contributed by atoms with E-state index in [1.165, 1.54) is 11.8 Å². The Morgan fingerprint density at radius 1 is 1.10 bits per heavy atom. The summed E-state index contributed by atoms with van der Waals surface area (Å²) < 4.78 is 66.9. The molecular formula is C26H30BrClF3N3O4S. The Bertz CT molecular complexity index is 1290. The third kappa shape index (κ3) is 8.59. The molecule has 0 bridgehead atoms. The first-order valence-electron chi connectivity index (χ1n) is 12.4. The van der Waals surface area contributed by atoms with Gasteiger partial charge in [0.15, 0.2) is 0 Å². The highest BCUT2D eigenvalue weighted by Crippen LogP contribution is 2.36. The van der Waals surface area contributed by atoms with Crippen molar-refractivity contribution < 1.29 is 31.2 Å². The number of benzene rings is 2. The molecule has 0 aromatic heterocycles. The zero-order valence-electron chi connectivity index (χ0n) is 21.5. The summed E-state index contributed by atoms with van der Waals surface area (Å²) in [7, 11) is -4.25. The number of rotatable bonds is 9.